The maximum absolute atomic E-state index is 10.5. The maximum Gasteiger partial charge on any atom is 0.115 e. The van der Waals surface area contributed by atoms with Gasteiger partial charge < -0.3 is 16.6 Å². The molecule has 1 aliphatic carbocycles. The Hall–Kier alpha value is -3.72. The molecule has 1 aliphatic rings. The van der Waals surface area contributed by atoms with Gasteiger partial charge >= 0.3 is 0 Å². The number of rotatable bonds is 3. The summed E-state index contributed by atoms with van der Waals surface area (Å²) in [5.74, 6) is 0.257. The van der Waals surface area contributed by atoms with Gasteiger partial charge in [0, 0.05) is 11.4 Å². The smallest absolute Gasteiger partial charge is 0.115 e. The summed E-state index contributed by atoms with van der Waals surface area (Å²) in [6.45, 7) is 2.17. The molecule has 0 heterocycles. The van der Waals surface area contributed by atoms with Crippen LogP contribution in [0.1, 0.15) is 34.7 Å². The van der Waals surface area contributed by atoms with Gasteiger partial charge in [0.1, 0.15) is 5.75 Å². The molecule has 148 valence electrons. The van der Waals surface area contributed by atoms with E-state index in [-0.39, 0.29) is 5.75 Å². The Balaban J connectivity index is 1.96. The maximum atomic E-state index is 10.5. The SMILES string of the molecule is CCc1ccc2c(c1)C(c1ccc(N)cc1)(c1ccc(N)cc1)c1cc(O)ccc1-2. The van der Waals surface area contributed by atoms with Crippen LogP contribution in [0.25, 0.3) is 11.1 Å². The standard InChI is InChI=1S/C27H24N2O/c1-2-17-3-13-23-24-14-12-22(30)16-26(24)27(25(23)15-17,18-4-8-20(28)9-5-18)19-6-10-21(29)11-7-19/h3-16,30H,2,28-29H2,1H3. The van der Waals surface area contributed by atoms with Crippen LogP contribution < -0.4 is 11.5 Å². The van der Waals surface area contributed by atoms with Gasteiger partial charge in [-0.1, -0.05) is 55.5 Å². The highest BCUT2D eigenvalue weighted by molar-refractivity contribution is 5.87. The van der Waals surface area contributed by atoms with Gasteiger partial charge in [0.2, 0.25) is 0 Å². The Morgan fingerprint density at radius 1 is 0.667 bits per heavy atom. The molecule has 0 saturated carbocycles. The zero-order valence-corrected chi connectivity index (χ0v) is 16.9. The highest BCUT2D eigenvalue weighted by Crippen LogP contribution is 2.57. The van der Waals surface area contributed by atoms with Crippen molar-refractivity contribution in [2.75, 3.05) is 11.5 Å². The van der Waals surface area contributed by atoms with Crippen molar-refractivity contribution in [3.63, 3.8) is 0 Å². The van der Waals surface area contributed by atoms with Gasteiger partial charge in [0.25, 0.3) is 0 Å². The molecule has 5 N–H and O–H groups in total. The lowest BCUT2D eigenvalue weighted by atomic mass is 9.67. The fourth-order valence-corrected chi connectivity index (χ4v) is 4.83. The van der Waals surface area contributed by atoms with Crippen molar-refractivity contribution in [1.82, 2.24) is 0 Å². The van der Waals surface area contributed by atoms with E-state index in [9.17, 15) is 5.11 Å². The number of phenols is 1. The Morgan fingerprint density at radius 3 is 1.70 bits per heavy atom. The van der Waals surface area contributed by atoms with Gasteiger partial charge in [-0.15, -0.1) is 0 Å². The summed E-state index contributed by atoms with van der Waals surface area (Å²) in [6.07, 6.45) is 0.953. The van der Waals surface area contributed by atoms with Gasteiger partial charge in [-0.25, -0.2) is 0 Å². The van der Waals surface area contributed by atoms with Crippen LogP contribution in [-0.2, 0) is 11.8 Å². The van der Waals surface area contributed by atoms with Crippen LogP contribution in [-0.4, -0.2) is 5.11 Å². The fourth-order valence-electron chi connectivity index (χ4n) is 4.83. The van der Waals surface area contributed by atoms with E-state index in [1.54, 1.807) is 6.07 Å². The molecular formula is C27H24N2O. The van der Waals surface area contributed by atoms with E-state index in [4.69, 9.17) is 11.5 Å². The summed E-state index contributed by atoms with van der Waals surface area (Å²) < 4.78 is 0. The topological polar surface area (TPSA) is 72.3 Å². The first-order chi connectivity index (χ1) is 14.5. The van der Waals surface area contributed by atoms with E-state index in [1.807, 2.05) is 36.4 Å². The number of benzene rings is 4. The average molecular weight is 393 g/mol. The fraction of sp³-hybridized carbons (Fsp3) is 0.111. The van der Waals surface area contributed by atoms with Gasteiger partial charge in [-0.3, -0.25) is 0 Å². The van der Waals surface area contributed by atoms with Crippen molar-refractivity contribution in [3.8, 4) is 16.9 Å². The third-order valence-electron chi connectivity index (χ3n) is 6.28. The molecule has 0 atom stereocenters. The van der Waals surface area contributed by atoms with E-state index in [0.29, 0.717) is 0 Å². The highest BCUT2D eigenvalue weighted by atomic mass is 16.3. The molecule has 30 heavy (non-hydrogen) atoms. The number of aryl methyl sites for hydroxylation is 1. The number of nitrogen functional groups attached to an aromatic ring is 2. The number of anilines is 2. The minimum atomic E-state index is -0.560. The first kappa shape index (κ1) is 18.3. The summed E-state index contributed by atoms with van der Waals surface area (Å²) in [5.41, 5.74) is 21.1. The molecule has 3 heteroatoms. The van der Waals surface area contributed by atoms with Gasteiger partial charge in [-0.05, 0) is 81.8 Å². The number of nitrogens with two attached hydrogens (primary N) is 2. The number of hydrogen-bond acceptors (Lipinski definition) is 3. The van der Waals surface area contributed by atoms with Crippen molar-refractivity contribution in [2.24, 2.45) is 0 Å². The van der Waals surface area contributed by atoms with E-state index >= 15 is 0 Å². The summed E-state index contributed by atoms with van der Waals surface area (Å²) in [4.78, 5) is 0. The van der Waals surface area contributed by atoms with Crippen LogP contribution in [0.3, 0.4) is 0 Å². The quantitative estimate of drug-likeness (QED) is 0.356. The zero-order valence-electron chi connectivity index (χ0n) is 16.9. The summed E-state index contributed by atoms with van der Waals surface area (Å²) >= 11 is 0. The highest BCUT2D eigenvalue weighted by Gasteiger charge is 2.46. The van der Waals surface area contributed by atoms with Gasteiger partial charge in [-0.2, -0.15) is 0 Å². The Labute approximate surface area is 176 Å². The molecule has 0 fully saturated rings. The number of fused-ring (bicyclic) bond motifs is 3. The lowest BCUT2D eigenvalue weighted by Gasteiger charge is -2.34. The molecule has 0 bridgehead atoms. The van der Waals surface area contributed by atoms with Gasteiger partial charge in [0.15, 0.2) is 0 Å². The lowest BCUT2D eigenvalue weighted by Crippen LogP contribution is -2.28. The molecule has 0 unspecified atom stereocenters. The molecular weight excluding hydrogens is 368 g/mol. The number of hydrogen-bond donors (Lipinski definition) is 3. The van der Waals surface area contributed by atoms with E-state index < -0.39 is 5.41 Å². The Bertz CT molecular complexity index is 1200. The molecule has 4 aromatic rings. The Morgan fingerprint density at radius 2 is 1.17 bits per heavy atom. The third-order valence-corrected chi connectivity index (χ3v) is 6.28. The molecule has 3 nitrogen and oxygen atoms in total. The van der Waals surface area contributed by atoms with Crippen molar-refractivity contribution in [3.05, 3.63) is 113 Å². The van der Waals surface area contributed by atoms with Crippen LogP contribution in [0.2, 0.25) is 0 Å². The first-order valence-corrected chi connectivity index (χ1v) is 10.2. The number of aromatic hydroxyl groups is 1. The van der Waals surface area contributed by atoms with Crippen molar-refractivity contribution in [2.45, 2.75) is 18.8 Å². The van der Waals surface area contributed by atoms with Crippen molar-refractivity contribution < 1.29 is 5.11 Å². The minimum absolute atomic E-state index is 0.257. The third kappa shape index (κ3) is 2.52. The van der Waals surface area contributed by atoms with Crippen LogP contribution in [0.5, 0.6) is 5.75 Å². The second-order valence-electron chi connectivity index (χ2n) is 7.96. The van der Waals surface area contributed by atoms with Crippen LogP contribution in [0.4, 0.5) is 11.4 Å². The minimum Gasteiger partial charge on any atom is -0.508 e. The molecule has 4 aromatic carbocycles. The normalized spacial score (nSPS) is 13.6. The van der Waals surface area contributed by atoms with E-state index in [1.165, 1.54) is 16.7 Å². The zero-order chi connectivity index (χ0) is 20.9. The second-order valence-corrected chi connectivity index (χ2v) is 7.96. The lowest BCUT2D eigenvalue weighted by molar-refractivity contribution is 0.474. The van der Waals surface area contributed by atoms with Crippen LogP contribution >= 0.6 is 0 Å². The van der Waals surface area contributed by atoms with E-state index in [2.05, 4.69) is 49.4 Å². The molecule has 0 aromatic heterocycles. The van der Waals surface area contributed by atoms with Gasteiger partial charge in [0.05, 0.1) is 5.41 Å². The Kier molecular flexibility index (Phi) is 4.07. The van der Waals surface area contributed by atoms with Crippen LogP contribution in [0.15, 0.2) is 84.9 Å². The van der Waals surface area contributed by atoms with Crippen LogP contribution in [0, 0.1) is 0 Å². The van der Waals surface area contributed by atoms with E-state index in [0.717, 1.165) is 40.0 Å². The first-order valence-electron chi connectivity index (χ1n) is 10.2. The summed E-state index contributed by atoms with van der Waals surface area (Å²) in [5, 5.41) is 10.5. The predicted molar refractivity (Wildman–Crippen MR) is 124 cm³/mol. The molecule has 0 radical (unpaired) electrons. The molecule has 5 rings (SSSR count). The monoisotopic (exact) mass is 392 g/mol. The molecule has 0 aliphatic heterocycles. The molecule has 0 amide bonds. The average Bonchev–Trinajstić information content (AvgIpc) is 3.04. The second kappa shape index (κ2) is 6.67. The van der Waals surface area contributed by atoms with Crippen molar-refractivity contribution >= 4 is 11.4 Å². The summed E-state index contributed by atoms with van der Waals surface area (Å²) in [6, 6.07) is 28.5. The predicted octanol–water partition coefficient (Wildman–Crippen LogP) is 5.48. The number of phenolic OH excluding ortho intramolecular Hbond substituents is 1. The van der Waals surface area contributed by atoms with Crippen molar-refractivity contribution in [1.29, 1.82) is 0 Å². The molecule has 0 spiro atoms. The largest absolute Gasteiger partial charge is 0.508 e. The molecule has 0 saturated heterocycles. The summed E-state index contributed by atoms with van der Waals surface area (Å²) in [7, 11) is 0.